The number of aromatic nitrogens is 2. The molecule has 1 aliphatic heterocycles. The van der Waals surface area contributed by atoms with Gasteiger partial charge in [0.25, 0.3) is 11.8 Å². The van der Waals surface area contributed by atoms with E-state index < -0.39 is 0 Å². The van der Waals surface area contributed by atoms with Crippen molar-refractivity contribution >= 4 is 11.6 Å². The second-order valence-electron chi connectivity index (χ2n) is 6.73. The number of amides is 1. The van der Waals surface area contributed by atoms with E-state index in [1.54, 1.807) is 19.2 Å². The Labute approximate surface area is 171 Å². The average Bonchev–Trinajstić information content (AvgIpc) is 3.43. The number of carbonyl (C=O) groups is 1. The van der Waals surface area contributed by atoms with Crippen molar-refractivity contribution in [3.63, 3.8) is 0 Å². The molecule has 3 aromatic rings. The summed E-state index contributed by atoms with van der Waals surface area (Å²) in [5, 5.41) is 10.6. The van der Waals surface area contributed by atoms with Crippen LogP contribution in [0.2, 0.25) is 0 Å². The molecule has 8 nitrogen and oxygen atoms in total. The van der Waals surface area contributed by atoms with Crippen LogP contribution in [0.4, 0.5) is 4.39 Å². The first kappa shape index (κ1) is 19.6. The number of benzene rings is 2. The Bertz CT molecular complexity index is 1050. The van der Waals surface area contributed by atoms with Gasteiger partial charge in [0, 0.05) is 18.5 Å². The van der Waals surface area contributed by atoms with E-state index in [0.717, 1.165) is 11.3 Å². The largest absolute Gasteiger partial charge is 0.497 e. The topological polar surface area (TPSA) is 98.8 Å². The van der Waals surface area contributed by atoms with Crippen molar-refractivity contribution in [1.29, 1.82) is 0 Å². The molecule has 4 rings (SSSR count). The van der Waals surface area contributed by atoms with Crippen LogP contribution in [0.3, 0.4) is 0 Å². The van der Waals surface area contributed by atoms with Crippen LogP contribution in [0, 0.1) is 5.82 Å². The highest BCUT2D eigenvalue weighted by Crippen LogP contribution is 2.20. The quantitative estimate of drug-likeness (QED) is 0.643. The molecule has 1 amide bonds. The van der Waals surface area contributed by atoms with Gasteiger partial charge in [-0.3, -0.25) is 4.79 Å². The fourth-order valence-electron chi connectivity index (χ4n) is 2.95. The van der Waals surface area contributed by atoms with Crippen LogP contribution in [0.5, 0.6) is 5.75 Å². The van der Waals surface area contributed by atoms with Crippen LogP contribution in [0.25, 0.3) is 11.5 Å². The van der Waals surface area contributed by atoms with Crippen molar-refractivity contribution < 1.29 is 23.3 Å². The highest BCUT2D eigenvalue weighted by molar-refractivity contribution is 6.39. The van der Waals surface area contributed by atoms with Crippen molar-refractivity contribution in [3.05, 3.63) is 65.7 Å². The second kappa shape index (κ2) is 8.73. The van der Waals surface area contributed by atoms with E-state index in [1.807, 2.05) is 24.3 Å². The summed E-state index contributed by atoms with van der Waals surface area (Å²) in [6.07, 6.45) is 0.323. The van der Waals surface area contributed by atoms with Crippen molar-refractivity contribution in [3.8, 4) is 17.2 Å². The van der Waals surface area contributed by atoms with E-state index in [1.165, 1.54) is 12.1 Å². The Hall–Kier alpha value is -3.75. The third-order valence-corrected chi connectivity index (χ3v) is 4.58. The number of halogens is 1. The molecule has 0 saturated heterocycles. The Morgan fingerprint density at radius 3 is 2.70 bits per heavy atom. The molecular weight excluding hydrogens is 391 g/mol. The number of rotatable bonds is 7. The average molecular weight is 410 g/mol. The highest BCUT2D eigenvalue weighted by atomic mass is 19.1. The molecule has 0 aliphatic carbocycles. The van der Waals surface area contributed by atoms with Crippen LogP contribution in [-0.4, -0.2) is 35.0 Å². The number of carbonyl (C=O) groups excluding carboxylic acids is 1. The summed E-state index contributed by atoms with van der Waals surface area (Å²) in [6.45, 7) is 0.373. The van der Waals surface area contributed by atoms with Crippen molar-refractivity contribution in [1.82, 2.24) is 15.5 Å². The third kappa shape index (κ3) is 4.62. The van der Waals surface area contributed by atoms with Gasteiger partial charge in [-0.25, -0.2) is 4.39 Å². The van der Waals surface area contributed by atoms with Crippen LogP contribution in [0.15, 0.2) is 58.2 Å². The molecule has 2 aromatic carbocycles. The summed E-state index contributed by atoms with van der Waals surface area (Å²) >= 11 is 0. The smallest absolute Gasteiger partial charge is 0.269 e. The van der Waals surface area contributed by atoms with Gasteiger partial charge in [0.15, 0.2) is 5.82 Å². The molecule has 1 aliphatic rings. The molecule has 0 spiro atoms. The predicted octanol–water partition coefficient (Wildman–Crippen LogP) is 2.89. The number of oxime groups is 1. The first-order valence-electron chi connectivity index (χ1n) is 9.33. The lowest BCUT2D eigenvalue weighted by Gasteiger charge is -2.06. The molecule has 2 heterocycles. The molecule has 0 unspecified atom stereocenters. The summed E-state index contributed by atoms with van der Waals surface area (Å²) in [6, 6.07) is 13.2. The van der Waals surface area contributed by atoms with E-state index in [-0.39, 0.29) is 17.8 Å². The Morgan fingerprint density at radius 1 is 1.20 bits per heavy atom. The van der Waals surface area contributed by atoms with Crippen molar-refractivity contribution in [2.24, 2.45) is 5.16 Å². The van der Waals surface area contributed by atoms with Gasteiger partial charge in [0.2, 0.25) is 0 Å². The van der Waals surface area contributed by atoms with E-state index in [9.17, 15) is 9.18 Å². The van der Waals surface area contributed by atoms with Gasteiger partial charge in [-0.1, -0.05) is 22.4 Å². The van der Waals surface area contributed by atoms with Gasteiger partial charge in [-0.05, 0) is 42.0 Å². The molecule has 1 aromatic heterocycles. The molecule has 0 saturated carbocycles. The zero-order valence-corrected chi connectivity index (χ0v) is 16.2. The molecule has 0 bridgehead atoms. The fraction of sp³-hybridized carbons (Fsp3) is 0.238. The highest BCUT2D eigenvalue weighted by Gasteiger charge is 2.27. The Kier molecular flexibility index (Phi) is 5.69. The fourth-order valence-corrected chi connectivity index (χ4v) is 2.95. The van der Waals surface area contributed by atoms with Gasteiger partial charge in [-0.2, -0.15) is 4.98 Å². The third-order valence-electron chi connectivity index (χ3n) is 4.58. The van der Waals surface area contributed by atoms with Crippen LogP contribution < -0.4 is 10.1 Å². The van der Waals surface area contributed by atoms with E-state index in [2.05, 4.69) is 20.6 Å². The van der Waals surface area contributed by atoms with Crippen molar-refractivity contribution in [2.75, 3.05) is 7.11 Å². The lowest BCUT2D eigenvalue weighted by molar-refractivity contribution is -0.115. The molecule has 0 fully saturated rings. The maximum Gasteiger partial charge on any atom is 0.269 e. The number of methoxy groups -OCH3 is 1. The van der Waals surface area contributed by atoms with Crippen LogP contribution >= 0.6 is 0 Å². The van der Waals surface area contributed by atoms with Crippen LogP contribution in [0.1, 0.15) is 17.8 Å². The first-order valence-corrected chi connectivity index (χ1v) is 9.33. The van der Waals surface area contributed by atoms with Crippen LogP contribution in [-0.2, 0) is 22.6 Å². The monoisotopic (exact) mass is 410 g/mol. The maximum atomic E-state index is 13.0. The number of ether oxygens (including phenoxy) is 1. The molecular formula is C21H19FN4O4. The second-order valence-corrected chi connectivity index (χ2v) is 6.73. The molecule has 9 heteroatoms. The standard InChI is InChI=1S/C21H19FN4O4/c1-28-16-8-2-13(3-9-16)12-23-20(27)18-10-17(29-25-18)11-19-24-21(30-26-19)14-4-6-15(22)7-5-14/h2-9,17H,10-12H2,1H3,(H,23,27)/t17-/m0/s1. The molecule has 0 radical (unpaired) electrons. The Balaban J connectivity index is 1.27. The number of hydrogen-bond donors (Lipinski definition) is 1. The van der Waals surface area contributed by atoms with Gasteiger partial charge in [0.05, 0.1) is 13.5 Å². The van der Waals surface area contributed by atoms with E-state index in [0.29, 0.717) is 42.4 Å². The minimum atomic E-state index is -0.356. The van der Waals surface area contributed by atoms with Gasteiger partial charge >= 0.3 is 0 Å². The Morgan fingerprint density at radius 2 is 1.97 bits per heavy atom. The predicted molar refractivity (Wildman–Crippen MR) is 105 cm³/mol. The minimum Gasteiger partial charge on any atom is -0.497 e. The normalized spacial score (nSPS) is 15.4. The summed E-state index contributed by atoms with van der Waals surface area (Å²) in [5.74, 6) is 0.850. The minimum absolute atomic E-state index is 0.284. The molecule has 154 valence electrons. The zero-order chi connectivity index (χ0) is 20.9. The molecule has 30 heavy (non-hydrogen) atoms. The van der Waals surface area contributed by atoms with Crippen molar-refractivity contribution in [2.45, 2.75) is 25.5 Å². The SMILES string of the molecule is COc1ccc(CNC(=O)C2=NO[C@H](Cc3noc(-c4ccc(F)cc4)n3)C2)cc1. The molecule has 1 atom stereocenters. The summed E-state index contributed by atoms with van der Waals surface area (Å²) in [5.41, 5.74) is 1.88. The lowest BCUT2D eigenvalue weighted by Crippen LogP contribution is -2.30. The maximum absolute atomic E-state index is 13.0. The molecule has 1 N–H and O–H groups in total. The number of hydrogen-bond acceptors (Lipinski definition) is 7. The van der Waals surface area contributed by atoms with E-state index in [4.69, 9.17) is 14.1 Å². The first-order chi connectivity index (χ1) is 14.6. The van der Waals surface area contributed by atoms with Gasteiger partial charge in [0.1, 0.15) is 23.4 Å². The zero-order valence-electron chi connectivity index (χ0n) is 16.2. The number of nitrogens with one attached hydrogen (secondary N) is 1. The summed E-state index contributed by atoms with van der Waals surface area (Å²) in [4.78, 5) is 22.0. The van der Waals surface area contributed by atoms with Gasteiger partial charge < -0.3 is 19.4 Å². The van der Waals surface area contributed by atoms with E-state index >= 15 is 0 Å². The summed E-state index contributed by atoms with van der Waals surface area (Å²) < 4.78 is 23.4. The number of nitrogens with zero attached hydrogens (tertiary/aromatic N) is 3. The summed E-state index contributed by atoms with van der Waals surface area (Å²) in [7, 11) is 1.60. The van der Waals surface area contributed by atoms with Gasteiger partial charge in [-0.15, -0.1) is 0 Å². The lowest BCUT2D eigenvalue weighted by atomic mass is 10.1.